The molecule has 0 spiro atoms. The van der Waals surface area contributed by atoms with Gasteiger partial charge in [0.2, 0.25) is 0 Å². The molecular weight excluding hydrogens is 387 g/mol. The molecule has 1 unspecified atom stereocenters. The first-order valence-corrected chi connectivity index (χ1v) is 9.35. The van der Waals surface area contributed by atoms with Crippen LogP contribution in [0.5, 0.6) is 0 Å². The number of halogens is 1. The third-order valence-electron chi connectivity index (χ3n) is 4.78. The van der Waals surface area contributed by atoms with Crippen molar-refractivity contribution in [3.05, 3.63) is 66.9 Å². The normalized spacial score (nSPS) is 12.5. The number of anilines is 1. The largest absolute Gasteiger partial charge is 0.396 e. The molecule has 0 aliphatic carbocycles. The van der Waals surface area contributed by atoms with Crippen LogP contribution < -0.4 is 5.32 Å². The highest BCUT2D eigenvalue weighted by Crippen LogP contribution is 2.29. The van der Waals surface area contributed by atoms with Crippen LogP contribution >= 0.6 is 0 Å². The zero-order valence-corrected chi connectivity index (χ0v) is 15.7. The van der Waals surface area contributed by atoms with Crippen LogP contribution in [0.1, 0.15) is 18.3 Å². The molecule has 0 fully saturated rings. The Hall–Kier alpha value is -3.92. The van der Waals surface area contributed by atoms with Gasteiger partial charge in [-0.3, -0.25) is 4.57 Å². The van der Waals surface area contributed by atoms with Crippen molar-refractivity contribution >= 4 is 28.0 Å². The van der Waals surface area contributed by atoms with E-state index in [1.165, 1.54) is 24.8 Å². The van der Waals surface area contributed by atoms with Crippen LogP contribution in [-0.2, 0) is 0 Å². The summed E-state index contributed by atoms with van der Waals surface area (Å²) in [4.78, 5) is 24.7. The maximum absolute atomic E-state index is 14.0. The number of hydrogen-bond acceptors (Lipinski definition) is 7. The number of aliphatic hydroxyl groups excluding tert-OH is 1. The average Bonchev–Trinajstić information content (AvgIpc) is 3.39. The zero-order valence-electron chi connectivity index (χ0n) is 15.7. The highest BCUT2D eigenvalue weighted by Gasteiger charge is 2.23. The third-order valence-corrected chi connectivity index (χ3v) is 4.78. The van der Waals surface area contributed by atoms with Gasteiger partial charge in [0.05, 0.1) is 23.4 Å². The number of pyridine rings is 1. The maximum Gasteiger partial charge on any atom is 0.182 e. The van der Waals surface area contributed by atoms with Crippen LogP contribution in [0.4, 0.5) is 10.2 Å². The Kier molecular flexibility index (Phi) is 4.52. The zero-order chi connectivity index (χ0) is 20.5. The van der Waals surface area contributed by atoms with Gasteiger partial charge in [-0.1, -0.05) is 6.07 Å². The fourth-order valence-electron chi connectivity index (χ4n) is 3.46. The molecule has 1 atom stereocenters. The summed E-state index contributed by atoms with van der Waals surface area (Å²) in [6, 6.07) is 9.47. The minimum Gasteiger partial charge on any atom is -0.396 e. The van der Waals surface area contributed by atoms with Gasteiger partial charge in [0.15, 0.2) is 11.5 Å². The molecule has 0 amide bonds. The highest BCUT2D eigenvalue weighted by atomic mass is 19.1. The van der Waals surface area contributed by atoms with Gasteiger partial charge < -0.3 is 15.4 Å². The van der Waals surface area contributed by atoms with Gasteiger partial charge >= 0.3 is 0 Å². The summed E-state index contributed by atoms with van der Waals surface area (Å²) in [7, 11) is 0. The Morgan fingerprint density at radius 3 is 2.90 bits per heavy atom. The Labute approximate surface area is 169 Å². The van der Waals surface area contributed by atoms with E-state index in [9.17, 15) is 9.50 Å². The van der Waals surface area contributed by atoms with Gasteiger partial charge in [0.25, 0.3) is 0 Å². The highest BCUT2D eigenvalue weighted by molar-refractivity contribution is 5.82. The number of rotatable bonds is 6. The first-order valence-electron chi connectivity index (χ1n) is 9.35. The summed E-state index contributed by atoms with van der Waals surface area (Å²) < 4.78 is 15.8. The number of aliphatic hydroxyl groups is 1. The minimum atomic E-state index is -0.436. The van der Waals surface area contributed by atoms with Crippen molar-refractivity contribution in [2.75, 3.05) is 11.9 Å². The SMILES string of the molecule is OCCC(Nc1ncnc2nc[nH]c12)c1nc2ccc(F)cc2n1-c1ccccn1. The fourth-order valence-corrected chi connectivity index (χ4v) is 3.46. The first kappa shape index (κ1) is 18.1. The summed E-state index contributed by atoms with van der Waals surface area (Å²) >= 11 is 0. The fraction of sp³-hybridized carbons (Fsp3) is 0.150. The lowest BCUT2D eigenvalue weighted by atomic mass is 10.2. The molecule has 0 saturated carbocycles. The lowest BCUT2D eigenvalue weighted by Gasteiger charge is -2.19. The Morgan fingerprint density at radius 1 is 1.13 bits per heavy atom. The number of aromatic amines is 1. The molecular formula is C20H17FN8O. The molecule has 3 N–H and O–H groups in total. The van der Waals surface area contributed by atoms with E-state index in [-0.39, 0.29) is 12.4 Å². The van der Waals surface area contributed by atoms with Crippen LogP contribution in [0, 0.1) is 5.82 Å². The van der Waals surface area contributed by atoms with Crippen LogP contribution in [0.3, 0.4) is 0 Å². The quantitative estimate of drug-likeness (QED) is 0.398. The van der Waals surface area contributed by atoms with Crippen molar-refractivity contribution in [3.63, 3.8) is 0 Å². The van der Waals surface area contributed by atoms with E-state index in [0.29, 0.717) is 46.1 Å². The van der Waals surface area contributed by atoms with Gasteiger partial charge in [0.1, 0.15) is 29.3 Å². The maximum atomic E-state index is 14.0. The number of hydrogen-bond donors (Lipinski definition) is 3. The van der Waals surface area contributed by atoms with E-state index in [1.807, 2.05) is 18.2 Å². The van der Waals surface area contributed by atoms with Crippen molar-refractivity contribution in [2.24, 2.45) is 0 Å². The van der Waals surface area contributed by atoms with E-state index < -0.39 is 6.04 Å². The minimum absolute atomic E-state index is 0.0886. The second kappa shape index (κ2) is 7.48. The Bertz CT molecular complexity index is 1320. The van der Waals surface area contributed by atoms with E-state index in [0.717, 1.165) is 0 Å². The number of H-pyrrole nitrogens is 1. The van der Waals surface area contributed by atoms with Crippen molar-refractivity contribution in [2.45, 2.75) is 12.5 Å². The number of fused-ring (bicyclic) bond motifs is 2. The lowest BCUT2D eigenvalue weighted by Crippen LogP contribution is -2.19. The van der Waals surface area contributed by atoms with Crippen LogP contribution in [0.25, 0.3) is 28.0 Å². The molecule has 0 aliphatic heterocycles. The van der Waals surface area contributed by atoms with Crippen molar-refractivity contribution in [3.8, 4) is 5.82 Å². The molecule has 0 aliphatic rings. The Morgan fingerprint density at radius 2 is 2.07 bits per heavy atom. The average molecular weight is 404 g/mol. The van der Waals surface area contributed by atoms with E-state index in [1.54, 1.807) is 16.8 Å². The number of nitrogens with zero attached hydrogens (tertiary/aromatic N) is 6. The lowest BCUT2D eigenvalue weighted by molar-refractivity contribution is 0.278. The van der Waals surface area contributed by atoms with Crippen LogP contribution in [-0.4, -0.2) is 46.2 Å². The summed E-state index contributed by atoms with van der Waals surface area (Å²) in [6.45, 7) is -0.0886. The molecule has 1 aromatic carbocycles. The summed E-state index contributed by atoms with van der Waals surface area (Å²) in [6.07, 6.45) is 4.96. The summed E-state index contributed by atoms with van der Waals surface area (Å²) in [5.41, 5.74) is 2.38. The number of aromatic nitrogens is 7. The monoisotopic (exact) mass is 404 g/mol. The van der Waals surface area contributed by atoms with Crippen LogP contribution in [0.15, 0.2) is 55.2 Å². The van der Waals surface area contributed by atoms with E-state index in [4.69, 9.17) is 4.98 Å². The molecule has 0 radical (unpaired) electrons. The Balaban J connectivity index is 1.68. The van der Waals surface area contributed by atoms with Gasteiger partial charge in [0, 0.05) is 18.9 Å². The van der Waals surface area contributed by atoms with Gasteiger partial charge in [-0.15, -0.1) is 0 Å². The molecule has 5 aromatic rings. The summed E-state index contributed by atoms with van der Waals surface area (Å²) in [5, 5.41) is 13.0. The van der Waals surface area contributed by atoms with Crippen LogP contribution in [0.2, 0.25) is 0 Å². The number of nitrogens with one attached hydrogen (secondary N) is 2. The molecule has 5 rings (SSSR count). The van der Waals surface area contributed by atoms with Crippen molar-refractivity contribution in [1.82, 2.24) is 34.5 Å². The van der Waals surface area contributed by atoms with Crippen molar-refractivity contribution in [1.29, 1.82) is 0 Å². The predicted octanol–water partition coefficient (Wildman–Crippen LogP) is 2.76. The van der Waals surface area contributed by atoms with Gasteiger partial charge in [-0.05, 0) is 30.7 Å². The van der Waals surface area contributed by atoms with Gasteiger partial charge in [-0.25, -0.2) is 29.3 Å². The molecule has 0 saturated heterocycles. The summed E-state index contributed by atoms with van der Waals surface area (Å²) in [5.74, 6) is 1.34. The molecule has 4 heterocycles. The molecule has 4 aromatic heterocycles. The topological polar surface area (TPSA) is 117 Å². The molecule has 30 heavy (non-hydrogen) atoms. The van der Waals surface area contributed by atoms with Crippen molar-refractivity contribution < 1.29 is 9.50 Å². The van der Waals surface area contributed by atoms with Gasteiger partial charge in [-0.2, -0.15) is 0 Å². The second-order valence-electron chi connectivity index (χ2n) is 6.66. The first-order chi connectivity index (χ1) is 14.7. The second-order valence-corrected chi connectivity index (χ2v) is 6.66. The smallest absolute Gasteiger partial charge is 0.182 e. The molecule has 10 heteroatoms. The standard InChI is InChI=1S/C20H17FN8O/c21-12-4-5-13-15(9-12)29(16-3-1-2-7-22-16)20(28-13)14(6-8-30)27-19-17-18(24-10-23-17)25-11-26-19/h1-5,7,9-11,14,30H,6,8H2,(H2,23,24,25,26,27). The number of benzene rings is 1. The molecule has 150 valence electrons. The predicted molar refractivity (Wildman–Crippen MR) is 109 cm³/mol. The third kappa shape index (κ3) is 3.12. The van der Waals surface area contributed by atoms with E-state index >= 15 is 0 Å². The van der Waals surface area contributed by atoms with E-state index in [2.05, 4.69) is 30.2 Å². The number of imidazole rings is 2. The molecule has 9 nitrogen and oxygen atoms in total. The molecule has 0 bridgehead atoms.